The summed E-state index contributed by atoms with van der Waals surface area (Å²) >= 11 is 0. The van der Waals surface area contributed by atoms with Crippen molar-refractivity contribution in [3.05, 3.63) is 24.3 Å². The van der Waals surface area contributed by atoms with Crippen LogP contribution in [0.15, 0.2) is 18.6 Å². The summed E-state index contributed by atoms with van der Waals surface area (Å²) in [6.45, 7) is 7.10. The first kappa shape index (κ1) is 23.4. The number of nitrogens with zero attached hydrogens (tertiary/aromatic N) is 4. The van der Waals surface area contributed by atoms with E-state index in [9.17, 15) is 18.0 Å². The largest absolute Gasteiger partial charge is 0.490 e. The molecule has 4 heterocycles. The van der Waals surface area contributed by atoms with Crippen molar-refractivity contribution in [1.29, 1.82) is 0 Å². The van der Waals surface area contributed by atoms with Crippen LogP contribution in [0.3, 0.4) is 0 Å². The predicted octanol–water partition coefficient (Wildman–Crippen LogP) is 1.93. The molecule has 3 aliphatic rings. The monoisotopic (exact) mass is 444 g/mol. The molecule has 8 nitrogen and oxygen atoms in total. The quantitative estimate of drug-likeness (QED) is 0.761. The van der Waals surface area contributed by atoms with Gasteiger partial charge in [-0.15, -0.1) is 0 Å². The molecule has 0 radical (unpaired) electrons. The molecule has 0 spiro atoms. The zero-order valence-electron chi connectivity index (χ0n) is 17.1. The normalized spacial score (nSPS) is 24.8. The molecule has 172 valence electrons. The molecule has 1 aromatic rings. The highest BCUT2D eigenvalue weighted by atomic mass is 19.4. The van der Waals surface area contributed by atoms with Crippen LogP contribution < -0.4 is 0 Å². The molecule has 4 rings (SSSR count). The molecule has 1 N–H and O–H groups in total. The molecule has 0 unspecified atom stereocenters. The Morgan fingerprint density at radius 1 is 1.10 bits per heavy atom. The van der Waals surface area contributed by atoms with Crippen molar-refractivity contribution in [3.63, 3.8) is 0 Å². The average molecular weight is 444 g/mol. The van der Waals surface area contributed by atoms with Crippen LogP contribution >= 0.6 is 0 Å². The number of hydrogen-bond acceptors (Lipinski definition) is 6. The molecule has 0 aliphatic carbocycles. The number of fused-ring (bicyclic) bond motifs is 1. The van der Waals surface area contributed by atoms with Crippen LogP contribution in [0.25, 0.3) is 0 Å². The number of aliphatic carboxylic acids is 1. The number of carboxylic acid groups (broad SMARTS) is 1. The van der Waals surface area contributed by atoms with E-state index in [1.54, 1.807) is 18.6 Å². The van der Waals surface area contributed by atoms with Crippen molar-refractivity contribution < 1.29 is 32.6 Å². The summed E-state index contributed by atoms with van der Waals surface area (Å²) in [5, 5.41) is 7.12. The second kappa shape index (κ2) is 10.4. The van der Waals surface area contributed by atoms with Gasteiger partial charge in [0.1, 0.15) is 5.69 Å². The van der Waals surface area contributed by atoms with Crippen molar-refractivity contribution in [1.82, 2.24) is 19.8 Å². The van der Waals surface area contributed by atoms with Crippen molar-refractivity contribution in [2.75, 3.05) is 45.9 Å². The van der Waals surface area contributed by atoms with E-state index in [0.717, 1.165) is 51.1 Å². The fourth-order valence-electron chi connectivity index (χ4n) is 4.46. The van der Waals surface area contributed by atoms with Crippen molar-refractivity contribution in [3.8, 4) is 0 Å². The van der Waals surface area contributed by atoms with Gasteiger partial charge in [-0.1, -0.05) is 0 Å². The van der Waals surface area contributed by atoms with Crippen molar-refractivity contribution in [2.45, 2.75) is 25.4 Å². The van der Waals surface area contributed by atoms with Crippen LogP contribution in [-0.2, 0) is 9.53 Å². The number of amides is 1. The van der Waals surface area contributed by atoms with Gasteiger partial charge in [-0.05, 0) is 37.0 Å². The summed E-state index contributed by atoms with van der Waals surface area (Å²) in [4.78, 5) is 34.3. The minimum atomic E-state index is -5.08. The van der Waals surface area contributed by atoms with Crippen molar-refractivity contribution >= 4 is 11.9 Å². The van der Waals surface area contributed by atoms with E-state index in [-0.39, 0.29) is 5.91 Å². The number of alkyl halides is 3. The Kier molecular flexibility index (Phi) is 7.82. The Bertz CT molecular complexity index is 744. The van der Waals surface area contributed by atoms with Gasteiger partial charge in [-0.3, -0.25) is 9.78 Å². The summed E-state index contributed by atoms with van der Waals surface area (Å²) in [5.41, 5.74) is 0.466. The molecule has 1 aromatic heterocycles. The number of ether oxygens (including phenoxy) is 1. The Balaban J connectivity index is 0.000000339. The molecule has 3 saturated heterocycles. The number of halogens is 3. The Hall–Kier alpha value is -2.27. The van der Waals surface area contributed by atoms with Gasteiger partial charge >= 0.3 is 12.1 Å². The van der Waals surface area contributed by atoms with Gasteiger partial charge in [0, 0.05) is 58.3 Å². The SMILES string of the molecule is O=C(O)C(F)(F)F.O=C(c1cnccn1)N1CC[C@@H]2CN(CC3CCOCC3)C[C@@H]2C1. The highest BCUT2D eigenvalue weighted by molar-refractivity contribution is 5.92. The third-order valence-corrected chi connectivity index (χ3v) is 6.05. The Labute approximate surface area is 178 Å². The number of piperidine rings is 1. The van der Waals surface area contributed by atoms with Gasteiger partial charge in [0.25, 0.3) is 5.91 Å². The molecule has 3 fully saturated rings. The van der Waals surface area contributed by atoms with Gasteiger partial charge in [0.15, 0.2) is 0 Å². The lowest BCUT2D eigenvalue weighted by Crippen LogP contribution is -2.43. The Morgan fingerprint density at radius 3 is 2.39 bits per heavy atom. The van der Waals surface area contributed by atoms with E-state index in [4.69, 9.17) is 14.6 Å². The maximum absolute atomic E-state index is 12.6. The Morgan fingerprint density at radius 2 is 1.77 bits per heavy atom. The van der Waals surface area contributed by atoms with E-state index in [2.05, 4.69) is 14.9 Å². The summed E-state index contributed by atoms with van der Waals surface area (Å²) in [7, 11) is 0. The lowest BCUT2D eigenvalue weighted by molar-refractivity contribution is -0.192. The zero-order chi connectivity index (χ0) is 22.4. The van der Waals surface area contributed by atoms with Gasteiger partial charge in [0.2, 0.25) is 0 Å². The topological polar surface area (TPSA) is 95.9 Å². The molecule has 3 aliphatic heterocycles. The van der Waals surface area contributed by atoms with Gasteiger partial charge in [-0.2, -0.15) is 13.2 Å². The molecule has 0 saturated carbocycles. The van der Waals surface area contributed by atoms with Crippen LogP contribution in [0.4, 0.5) is 13.2 Å². The second-order valence-corrected chi connectivity index (χ2v) is 8.23. The highest BCUT2D eigenvalue weighted by Gasteiger charge is 2.39. The fourth-order valence-corrected chi connectivity index (χ4v) is 4.46. The van der Waals surface area contributed by atoms with E-state index in [1.807, 2.05) is 4.90 Å². The molecule has 11 heteroatoms. The van der Waals surface area contributed by atoms with E-state index in [0.29, 0.717) is 11.6 Å². The second-order valence-electron chi connectivity index (χ2n) is 8.23. The lowest BCUT2D eigenvalue weighted by atomic mass is 9.88. The van der Waals surface area contributed by atoms with Crippen LogP contribution in [-0.4, -0.2) is 88.9 Å². The zero-order valence-corrected chi connectivity index (χ0v) is 17.1. The number of aromatic nitrogens is 2. The number of rotatable bonds is 3. The summed E-state index contributed by atoms with van der Waals surface area (Å²) < 4.78 is 37.2. The number of carbonyl (C=O) groups is 2. The van der Waals surface area contributed by atoms with E-state index < -0.39 is 12.1 Å². The summed E-state index contributed by atoms with van der Waals surface area (Å²) in [6.07, 6.45) is 3.19. The molecule has 1 amide bonds. The molecule has 31 heavy (non-hydrogen) atoms. The summed E-state index contributed by atoms with van der Waals surface area (Å²) in [6, 6.07) is 0. The van der Waals surface area contributed by atoms with Crippen LogP contribution in [0.5, 0.6) is 0 Å². The maximum Gasteiger partial charge on any atom is 0.490 e. The third kappa shape index (κ3) is 6.60. The fraction of sp³-hybridized carbons (Fsp3) is 0.700. The molecule has 0 bridgehead atoms. The number of carboxylic acids is 1. The standard InChI is InChI=1S/C18H26N4O2.C2HF3O2/c23-18(17-9-19-4-5-20-17)22-6-1-15-11-21(12-16(15)13-22)10-14-2-7-24-8-3-14;3-2(4,5)1(6)7/h4-5,9,14-16H,1-3,6-8,10-13H2;(H,6,7)/t15-,16-;/m1./s1. The van der Waals surface area contributed by atoms with Gasteiger partial charge < -0.3 is 19.6 Å². The minimum absolute atomic E-state index is 0.0319. The predicted molar refractivity (Wildman–Crippen MR) is 103 cm³/mol. The number of hydrogen-bond donors (Lipinski definition) is 1. The maximum atomic E-state index is 12.6. The molecule has 2 atom stereocenters. The molecular formula is C20H27F3N4O4. The van der Waals surface area contributed by atoms with E-state index >= 15 is 0 Å². The van der Waals surface area contributed by atoms with Crippen LogP contribution in [0.2, 0.25) is 0 Å². The van der Waals surface area contributed by atoms with E-state index in [1.165, 1.54) is 25.9 Å². The first-order chi connectivity index (χ1) is 14.7. The van der Waals surface area contributed by atoms with Gasteiger partial charge in [-0.25, -0.2) is 9.78 Å². The van der Waals surface area contributed by atoms with Gasteiger partial charge in [0.05, 0.1) is 6.20 Å². The van der Waals surface area contributed by atoms with Crippen LogP contribution in [0.1, 0.15) is 29.8 Å². The highest BCUT2D eigenvalue weighted by Crippen LogP contribution is 2.32. The smallest absolute Gasteiger partial charge is 0.475 e. The third-order valence-electron chi connectivity index (χ3n) is 6.05. The average Bonchev–Trinajstić information content (AvgIpc) is 3.15. The number of carbonyl (C=O) groups excluding carboxylic acids is 1. The first-order valence-corrected chi connectivity index (χ1v) is 10.4. The van der Waals surface area contributed by atoms with Crippen LogP contribution in [0, 0.1) is 17.8 Å². The number of likely N-dealkylation sites (tertiary alicyclic amines) is 2. The molecule has 0 aromatic carbocycles. The molecular weight excluding hydrogens is 417 g/mol. The minimum Gasteiger partial charge on any atom is -0.475 e. The van der Waals surface area contributed by atoms with Crippen molar-refractivity contribution in [2.24, 2.45) is 17.8 Å². The lowest BCUT2D eigenvalue weighted by Gasteiger charge is -2.34. The first-order valence-electron chi connectivity index (χ1n) is 10.4. The summed E-state index contributed by atoms with van der Waals surface area (Å²) in [5.74, 6) is -0.580.